The SMILES string of the molecule is COC(=O)[C@H](c1ccc(OCc2ccccc2)cc1)N1CC(N(Cc2ccccc2)Cc2ccccc2)C1=O. The van der Waals surface area contributed by atoms with Crippen LogP contribution in [-0.4, -0.2) is 41.4 Å². The third-order valence-corrected chi connectivity index (χ3v) is 7.02. The molecular weight excluding hydrogens is 488 g/mol. The molecule has 2 atom stereocenters. The van der Waals surface area contributed by atoms with E-state index in [2.05, 4.69) is 29.2 Å². The zero-order valence-electron chi connectivity index (χ0n) is 22.0. The number of amides is 1. The van der Waals surface area contributed by atoms with E-state index in [9.17, 15) is 9.59 Å². The van der Waals surface area contributed by atoms with E-state index < -0.39 is 12.0 Å². The van der Waals surface area contributed by atoms with E-state index in [4.69, 9.17) is 9.47 Å². The maximum Gasteiger partial charge on any atom is 0.333 e. The number of rotatable bonds is 11. The van der Waals surface area contributed by atoms with Crippen LogP contribution < -0.4 is 4.74 Å². The van der Waals surface area contributed by atoms with Crippen LogP contribution in [0.4, 0.5) is 0 Å². The number of hydrogen-bond acceptors (Lipinski definition) is 5. The second kappa shape index (κ2) is 12.4. The van der Waals surface area contributed by atoms with E-state index in [1.54, 1.807) is 4.90 Å². The highest BCUT2D eigenvalue weighted by atomic mass is 16.5. The molecule has 0 radical (unpaired) electrons. The van der Waals surface area contributed by atoms with Crippen molar-refractivity contribution >= 4 is 11.9 Å². The predicted molar refractivity (Wildman–Crippen MR) is 150 cm³/mol. The average Bonchev–Trinajstić information content (AvgIpc) is 2.99. The van der Waals surface area contributed by atoms with Gasteiger partial charge in [0.25, 0.3) is 0 Å². The van der Waals surface area contributed by atoms with E-state index in [0.29, 0.717) is 37.6 Å². The molecule has 1 heterocycles. The third-order valence-electron chi connectivity index (χ3n) is 7.02. The van der Waals surface area contributed by atoms with Crippen LogP contribution in [0.2, 0.25) is 0 Å². The lowest BCUT2D eigenvalue weighted by molar-refractivity contribution is -0.166. The van der Waals surface area contributed by atoms with E-state index in [1.165, 1.54) is 7.11 Å². The van der Waals surface area contributed by atoms with Gasteiger partial charge in [0, 0.05) is 19.6 Å². The molecule has 198 valence electrons. The van der Waals surface area contributed by atoms with Crippen LogP contribution in [0, 0.1) is 0 Å². The van der Waals surface area contributed by atoms with Gasteiger partial charge in [-0.15, -0.1) is 0 Å². The topological polar surface area (TPSA) is 59.1 Å². The lowest BCUT2D eigenvalue weighted by Gasteiger charge is -2.47. The van der Waals surface area contributed by atoms with Crippen LogP contribution in [0.15, 0.2) is 115 Å². The Morgan fingerprint density at radius 3 is 1.79 bits per heavy atom. The first-order valence-electron chi connectivity index (χ1n) is 13.1. The van der Waals surface area contributed by atoms with Gasteiger partial charge in [0.1, 0.15) is 18.4 Å². The number of β-lactam (4-membered cyclic amide) rings is 1. The van der Waals surface area contributed by atoms with Gasteiger partial charge >= 0.3 is 5.97 Å². The lowest BCUT2D eigenvalue weighted by Crippen LogP contribution is -2.65. The zero-order valence-corrected chi connectivity index (χ0v) is 22.0. The highest BCUT2D eigenvalue weighted by Gasteiger charge is 2.47. The molecule has 1 saturated heterocycles. The Balaban J connectivity index is 1.30. The molecule has 0 saturated carbocycles. The fraction of sp³-hybridized carbons (Fsp3) is 0.212. The zero-order chi connectivity index (χ0) is 27.0. The van der Waals surface area contributed by atoms with Crippen molar-refractivity contribution in [3.8, 4) is 5.75 Å². The van der Waals surface area contributed by atoms with Gasteiger partial charge in [0.05, 0.1) is 7.11 Å². The van der Waals surface area contributed by atoms with E-state index in [1.807, 2.05) is 91.0 Å². The summed E-state index contributed by atoms with van der Waals surface area (Å²) in [6.45, 7) is 2.16. The minimum Gasteiger partial charge on any atom is -0.489 e. The molecule has 0 N–H and O–H groups in total. The molecule has 4 aromatic rings. The lowest BCUT2D eigenvalue weighted by atomic mass is 9.96. The summed E-state index contributed by atoms with van der Waals surface area (Å²) in [5.41, 5.74) is 4.03. The number of carbonyl (C=O) groups excluding carboxylic acids is 2. The largest absolute Gasteiger partial charge is 0.489 e. The van der Waals surface area contributed by atoms with Gasteiger partial charge in [-0.25, -0.2) is 4.79 Å². The highest BCUT2D eigenvalue weighted by molar-refractivity contribution is 5.93. The molecule has 1 aliphatic heterocycles. The van der Waals surface area contributed by atoms with E-state index >= 15 is 0 Å². The Labute approximate surface area is 229 Å². The molecule has 0 aromatic heterocycles. The summed E-state index contributed by atoms with van der Waals surface area (Å²) in [5.74, 6) is 0.148. The van der Waals surface area contributed by atoms with Crippen molar-refractivity contribution in [2.45, 2.75) is 31.8 Å². The summed E-state index contributed by atoms with van der Waals surface area (Å²) in [7, 11) is 1.35. The first kappa shape index (κ1) is 26.2. The van der Waals surface area contributed by atoms with Gasteiger partial charge in [0.15, 0.2) is 6.04 Å². The van der Waals surface area contributed by atoms with Crippen molar-refractivity contribution in [1.82, 2.24) is 9.80 Å². The summed E-state index contributed by atoms with van der Waals surface area (Å²) in [6, 6.07) is 36.4. The first-order valence-corrected chi connectivity index (χ1v) is 13.1. The fourth-order valence-electron chi connectivity index (χ4n) is 4.89. The second-order valence-electron chi connectivity index (χ2n) is 9.65. The monoisotopic (exact) mass is 520 g/mol. The van der Waals surface area contributed by atoms with Crippen molar-refractivity contribution < 1.29 is 19.1 Å². The maximum absolute atomic E-state index is 13.6. The molecule has 4 aromatic carbocycles. The Morgan fingerprint density at radius 1 is 0.795 bits per heavy atom. The summed E-state index contributed by atoms with van der Waals surface area (Å²) in [6.07, 6.45) is 0. The fourth-order valence-corrected chi connectivity index (χ4v) is 4.89. The van der Waals surface area contributed by atoms with Gasteiger partial charge in [-0.1, -0.05) is 103 Å². The Hall–Kier alpha value is -4.42. The second-order valence-corrected chi connectivity index (χ2v) is 9.65. The van der Waals surface area contributed by atoms with Crippen LogP contribution in [0.1, 0.15) is 28.3 Å². The molecule has 5 rings (SSSR count). The molecule has 39 heavy (non-hydrogen) atoms. The number of hydrogen-bond donors (Lipinski definition) is 0. The third kappa shape index (κ3) is 6.36. The number of methoxy groups -OCH3 is 1. The number of carbonyl (C=O) groups is 2. The Kier molecular flexibility index (Phi) is 8.34. The summed E-state index contributed by atoms with van der Waals surface area (Å²) in [5, 5.41) is 0. The Bertz CT molecular complexity index is 1320. The van der Waals surface area contributed by atoms with Crippen LogP contribution >= 0.6 is 0 Å². The van der Waals surface area contributed by atoms with Gasteiger partial charge < -0.3 is 14.4 Å². The summed E-state index contributed by atoms with van der Waals surface area (Å²) in [4.78, 5) is 30.3. The quantitative estimate of drug-likeness (QED) is 0.196. The van der Waals surface area contributed by atoms with Crippen molar-refractivity contribution in [2.75, 3.05) is 13.7 Å². The Morgan fingerprint density at radius 2 is 1.31 bits per heavy atom. The number of esters is 1. The maximum atomic E-state index is 13.6. The van der Waals surface area contributed by atoms with Gasteiger partial charge in [-0.3, -0.25) is 9.69 Å². The molecule has 0 spiro atoms. The minimum atomic E-state index is -0.808. The average molecular weight is 521 g/mol. The van der Waals surface area contributed by atoms with Crippen molar-refractivity contribution in [2.24, 2.45) is 0 Å². The predicted octanol–water partition coefficient (Wildman–Crippen LogP) is 5.39. The van der Waals surface area contributed by atoms with Gasteiger partial charge in [-0.05, 0) is 34.4 Å². The molecule has 0 bridgehead atoms. The smallest absolute Gasteiger partial charge is 0.333 e. The van der Waals surface area contributed by atoms with E-state index in [-0.39, 0.29) is 11.9 Å². The van der Waals surface area contributed by atoms with Crippen molar-refractivity contribution in [1.29, 1.82) is 0 Å². The van der Waals surface area contributed by atoms with Gasteiger partial charge in [-0.2, -0.15) is 0 Å². The number of ether oxygens (including phenoxy) is 2. The first-order chi connectivity index (χ1) is 19.1. The summed E-state index contributed by atoms with van der Waals surface area (Å²) < 4.78 is 11.0. The molecule has 0 aliphatic carbocycles. The standard InChI is InChI=1S/C33H32N2O4/c1-38-33(37)31(28-17-19-29(20-18-28)39-24-27-15-9-4-10-16-27)35-23-30(32(35)36)34(21-25-11-5-2-6-12-25)22-26-13-7-3-8-14-26/h2-20,30-31H,21-24H2,1H3/t30?,31-/m0/s1. The molecule has 1 aliphatic rings. The molecule has 1 unspecified atom stereocenters. The van der Waals surface area contributed by atoms with Crippen LogP contribution in [-0.2, 0) is 34.0 Å². The molecule has 6 heteroatoms. The van der Waals surface area contributed by atoms with Crippen LogP contribution in [0.5, 0.6) is 5.75 Å². The van der Waals surface area contributed by atoms with Crippen molar-refractivity contribution in [3.05, 3.63) is 138 Å². The molecule has 1 amide bonds. The highest BCUT2D eigenvalue weighted by Crippen LogP contribution is 2.32. The summed E-state index contributed by atoms with van der Waals surface area (Å²) >= 11 is 0. The van der Waals surface area contributed by atoms with Gasteiger partial charge in [0.2, 0.25) is 5.91 Å². The van der Waals surface area contributed by atoms with Crippen LogP contribution in [0.25, 0.3) is 0 Å². The molecule has 6 nitrogen and oxygen atoms in total. The molecule has 1 fully saturated rings. The normalized spacial score (nSPS) is 15.5. The molecular formula is C33H32N2O4. The van der Waals surface area contributed by atoms with Crippen molar-refractivity contribution in [3.63, 3.8) is 0 Å². The minimum absolute atomic E-state index is 0.0818. The number of benzene rings is 4. The number of nitrogens with zero attached hydrogens (tertiary/aromatic N) is 2. The van der Waals surface area contributed by atoms with Crippen LogP contribution in [0.3, 0.4) is 0 Å². The van der Waals surface area contributed by atoms with E-state index in [0.717, 1.165) is 16.7 Å². The number of likely N-dealkylation sites (tertiary alicyclic amines) is 1.